The quantitative estimate of drug-likeness (QED) is 0.312. The third kappa shape index (κ3) is 4.68. The Bertz CT molecular complexity index is 1980. The van der Waals surface area contributed by atoms with Gasteiger partial charge in [-0.3, -0.25) is 4.90 Å². The normalized spacial score (nSPS) is 23.8. The van der Waals surface area contributed by atoms with Crippen LogP contribution in [-0.2, 0) is 11.2 Å². The Morgan fingerprint density at radius 3 is 2.68 bits per heavy atom. The Morgan fingerprint density at radius 1 is 1.08 bits per heavy atom. The molecule has 4 aromatic heterocycles. The number of benzene rings is 1. The summed E-state index contributed by atoms with van der Waals surface area (Å²) < 4.78 is 119. The van der Waals surface area contributed by atoms with Crippen molar-refractivity contribution in [2.45, 2.75) is 6.50 Å². The van der Waals surface area contributed by atoms with Crippen LogP contribution in [0.5, 0.6) is 5.75 Å². The van der Waals surface area contributed by atoms with Gasteiger partial charge in [0.1, 0.15) is 12.3 Å². The number of piperazine rings is 1. The van der Waals surface area contributed by atoms with Crippen molar-refractivity contribution in [3.63, 3.8) is 0 Å². The predicted octanol–water partition coefficient (Wildman–Crippen LogP) is 2.16. The van der Waals surface area contributed by atoms with Crippen molar-refractivity contribution in [3.8, 4) is 17.3 Å². The molecule has 1 aromatic carbocycles. The Balaban J connectivity index is 1.30. The number of furan rings is 1. The van der Waals surface area contributed by atoms with Crippen LogP contribution in [0.3, 0.4) is 0 Å². The molecule has 1 aliphatic rings. The van der Waals surface area contributed by atoms with Crippen molar-refractivity contribution in [3.05, 3.63) is 48.9 Å². The van der Waals surface area contributed by atoms with Gasteiger partial charge in [0.05, 0.1) is 39.1 Å². The number of fused-ring (bicyclic) bond motifs is 3. The Hall–Kier alpha value is -4.16. The predicted molar refractivity (Wildman–Crippen MR) is 139 cm³/mol. The van der Waals surface area contributed by atoms with Crippen LogP contribution >= 0.6 is 0 Å². The summed E-state index contributed by atoms with van der Waals surface area (Å²) >= 11 is 0. The summed E-state index contributed by atoms with van der Waals surface area (Å²) in [5.74, 6) is 0.130. The molecular weight excluding hydrogens is 474 g/mol. The Labute approximate surface area is 230 Å². The summed E-state index contributed by atoms with van der Waals surface area (Å²) in [4.78, 5) is 10.1. The molecule has 0 atom stereocenters. The number of ether oxygens (including phenoxy) is 2. The zero-order chi connectivity index (χ0) is 35.9. The minimum atomic E-state index is -3.40. The molecule has 1 aliphatic heterocycles. The lowest BCUT2D eigenvalue weighted by molar-refractivity contribution is 0.146. The molecule has 12 nitrogen and oxygen atoms in total. The van der Waals surface area contributed by atoms with Crippen LogP contribution in [0.4, 0.5) is 11.6 Å². The number of aromatic nitrogens is 6. The number of hydrogen-bond acceptors (Lipinski definition) is 10. The molecule has 0 spiro atoms. The molecule has 0 amide bonds. The van der Waals surface area contributed by atoms with Gasteiger partial charge in [-0.1, -0.05) is 0 Å². The van der Waals surface area contributed by atoms with Crippen molar-refractivity contribution >= 4 is 28.3 Å². The number of nitrogens with two attached hydrogens (primary N) is 1. The standard InChI is InChI=1S/C25H29N9O3/c1-35-15-16-36-19-6-4-18(5-7-19)32-11-8-31(9-12-32)10-13-33-23-20(17-27-33)24-28-22(21-3-2-14-37-21)30-34(24)25(26)29-23/h2-7,14,17H,8-13,15-16H2,1H3,(H2,26,29)/i8D2,9D2,10D2,13D2,15D2,16D2. The molecule has 192 valence electrons. The maximum absolute atomic E-state index is 8.91. The SMILES string of the molecule is [2H]C1([2H])CN(c2ccc(OC([2H])([2H])C([2H])([2H])OC)cc2)CC([2H])([2H])N1C([2H])([2H])C([2H])([2H])n1ncc2c1nc(N)n1nc(-c3ccco3)nc21. The molecule has 2 N–H and O–H groups in total. The van der Waals surface area contributed by atoms with E-state index in [9.17, 15) is 0 Å². The molecule has 0 bridgehead atoms. The van der Waals surface area contributed by atoms with E-state index >= 15 is 0 Å². The number of hydrogen-bond donors (Lipinski definition) is 1. The fourth-order valence-electron chi connectivity index (χ4n) is 3.63. The lowest BCUT2D eigenvalue weighted by Crippen LogP contribution is -2.47. The highest BCUT2D eigenvalue weighted by Gasteiger charge is 2.20. The fourth-order valence-corrected chi connectivity index (χ4v) is 3.63. The second-order valence-electron chi connectivity index (χ2n) is 7.65. The van der Waals surface area contributed by atoms with Crippen molar-refractivity contribution in [2.75, 3.05) is 63.4 Å². The number of nitrogen functional groups attached to an aromatic ring is 1. The van der Waals surface area contributed by atoms with Gasteiger partial charge in [-0.15, -0.1) is 5.10 Å². The van der Waals surface area contributed by atoms with Gasteiger partial charge in [-0.05, 0) is 36.4 Å². The van der Waals surface area contributed by atoms with Gasteiger partial charge in [0, 0.05) is 53.6 Å². The average Bonchev–Trinajstić information content (AvgIpc) is 3.75. The molecule has 1 saturated heterocycles. The first-order chi connectivity index (χ1) is 22.6. The first-order valence-corrected chi connectivity index (χ1v) is 11.0. The Morgan fingerprint density at radius 2 is 1.92 bits per heavy atom. The third-order valence-corrected chi connectivity index (χ3v) is 5.39. The average molecular weight is 516 g/mol. The summed E-state index contributed by atoms with van der Waals surface area (Å²) in [6, 6.07) is 8.55. The van der Waals surface area contributed by atoms with Crippen molar-refractivity contribution in [2.24, 2.45) is 0 Å². The van der Waals surface area contributed by atoms with Crippen LogP contribution in [-0.4, -0.2) is 87.1 Å². The zero-order valence-corrected chi connectivity index (χ0v) is 19.4. The van der Waals surface area contributed by atoms with Gasteiger partial charge in [0.15, 0.2) is 17.1 Å². The number of rotatable bonds is 9. The number of methoxy groups -OCH3 is 1. The van der Waals surface area contributed by atoms with E-state index in [1.807, 2.05) is 0 Å². The second kappa shape index (κ2) is 10.1. The maximum Gasteiger partial charge on any atom is 0.225 e. The van der Waals surface area contributed by atoms with Gasteiger partial charge >= 0.3 is 0 Å². The number of anilines is 2. The largest absolute Gasteiger partial charge is 0.491 e. The van der Waals surface area contributed by atoms with Crippen LogP contribution in [0, 0.1) is 0 Å². The zero-order valence-electron chi connectivity index (χ0n) is 31.4. The molecule has 6 rings (SSSR count). The van der Waals surface area contributed by atoms with Crippen molar-refractivity contribution in [1.82, 2.24) is 34.3 Å². The van der Waals surface area contributed by atoms with Crippen LogP contribution in [0.1, 0.15) is 16.4 Å². The molecule has 37 heavy (non-hydrogen) atoms. The first-order valence-electron chi connectivity index (χ1n) is 17.0. The molecule has 5 heterocycles. The maximum atomic E-state index is 8.91. The molecule has 0 radical (unpaired) electrons. The van der Waals surface area contributed by atoms with E-state index in [2.05, 4.69) is 24.9 Å². The van der Waals surface area contributed by atoms with Gasteiger partial charge in [0.2, 0.25) is 11.8 Å². The minimum Gasteiger partial charge on any atom is -0.491 e. The Kier molecular flexibility index (Phi) is 3.65. The van der Waals surface area contributed by atoms with Crippen molar-refractivity contribution in [1.29, 1.82) is 0 Å². The molecule has 5 aromatic rings. The van der Waals surface area contributed by atoms with Crippen LogP contribution < -0.4 is 15.4 Å². The lowest BCUT2D eigenvalue weighted by atomic mass is 10.2. The third-order valence-electron chi connectivity index (χ3n) is 5.39. The van der Waals surface area contributed by atoms with E-state index in [0.717, 1.165) is 7.11 Å². The smallest absolute Gasteiger partial charge is 0.225 e. The number of aryl methyl sites for hydroxylation is 1. The summed E-state index contributed by atoms with van der Waals surface area (Å²) in [5.41, 5.74) is 6.23. The van der Waals surface area contributed by atoms with E-state index in [-0.39, 0.29) is 44.8 Å². The van der Waals surface area contributed by atoms with E-state index in [0.29, 0.717) is 10.4 Å². The molecule has 1 fully saturated rings. The summed E-state index contributed by atoms with van der Waals surface area (Å²) in [5, 5.41) is 8.43. The first kappa shape index (κ1) is 13.4. The fraction of sp³-hybridized carbons (Fsp3) is 0.360. The molecule has 0 saturated carbocycles. The summed E-state index contributed by atoms with van der Waals surface area (Å²) in [6.45, 7) is -19.2. The molecule has 0 unspecified atom stereocenters. The van der Waals surface area contributed by atoms with Crippen LogP contribution in [0.2, 0.25) is 0 Å². The monoisotopic (exact) mass is 515 g/mol. The highest BCUT2D eigenvalue weighted by molar-refractivity contribution is 5.90. The molecule has 12 heteroatoms. The topological polar surface area (TPSA) is 125 Å². The van der Waals surface area contributed by atoms with Gasteiger partial charge in [-0.25, -0.2) is 9.67 Å². The van der Waals surface area contributed by atoms with Crippen LogP contribution in [0.25, 0.3) is 28.3 Å². The lowest BCUT2D eigenvalue weighted by Gasteiger charge is -2.36. The van der Waals surface area contributed by atoms with Crippen molar-refractivity contribution < 1.29 is 30.3 Å². The van der Waals surface area contributed by atoms with E-state index in [1.54, 1.807) is 12.1 Å². The molecular formula is C25H29N9O3. The van der Waals surface area contributed by atoms with Crippen LogP contribution in [0.15, 0.2) is 53.3 Å². The minimum absolute atomic E-state index is 0.0925. The van der Waals surface area contributed by atoms with E-state index in [4.69, 9.17) is 31.3 Å². The van der Waals surface area contributed by atoms with E-state index in [1.165, 1.54) is 46.1 Å². The highest BCUT2D eigenvalue weighted by Crippen LogP contribution is 2.24. The molecule has 0 aliphatic carbocycles. The number of nitrogens with zero attached hydrogens (tertiary/aromatic N) is 8. The van der Waals surface area contributed by atoms with Gasteiger partial charge in [0.25, 0.3) is 0 Å². The van der Waals surface area contributed by atoms with Gasteiger partial charge < -0.3 is 24.5 Å². The highest BCUT2D eigenvalue weighted by atomic mass is 16.5. The van der Waals surface area contributed by atoms with E-state index < -0.39 is 52.2 Å². The van der Waals surface area contributed by atoms with Gasteiger partial charge in [-0.2, -0.15) is 14.6 Å². The summed E-state index contributed by atoms with van der Waals surface area (Å²) in [6.07, 6.45) is 2.60. The summed E-state index contributed by atoms with van der Waals surface area (Å²) in [7, 11) is 0.985. The second-order valence-corrected chi connectivity index (χ2v) is 7.65.